The zero-order valence-corrected chi connectivity index (χ0v) is 21.1. The first-order valence-corrected chi connectivity index (χ1v) is 13.8. The molecule has 34 heavy (non-hydrogen) atoms. The van der Waals surface area contributed by atoms with Crippen molar-refractivity contribution in [1.29, 1.82) is 0 Å². The summed E-state index contributed by atoms with van der Waals surface area (Å²) >= 11 is 0. The van der Waals surface area contributed by atoms with E-state index in [1.165, 1.54) is 0 Å². The fourth-order valence-corrected chi connectivity index (χ4v) is 7.29. The third-order valence-electron chi connectivity index (χ3n) is 6.15. The molecule has 0 aliphatic carbocycles. The summed E-state index contributed by atoms with van der Waals surface area (Å²) in [6.07, 6.45) is 5.02. The number of hydrogen-bond donors (Lipinski definition) is 1. The van der Waals surface area contributed by atoms with Crippen LogP contribution >= 0.6 is 7.14 Å². The highest BCUT2D eigenvalue weighted by atomic mass is 31.2. The number of benzene rings is 2. The molecule has 0 spiro atoms. The van der Waals surface area contributed by atoms with Gasteiger partial charge in [0.25, 0.3) is 5.56 Å². The number of aryl methyl sites for hydroxylation is 2. The SMILES string of the molecule is CCCP(=O)(CCC)c1ccc(Nc2ncc3cc(-c4ccccc4C)c(=O)n(C)c3n2)cc1. The number of nitrogens with zero attached hydrogens (tertiary/aromatic N) is 3. The minimum atomic E-state index is -2.35. The lowest BCUT2D eigenvalue weighted by Gasteiger charge is -2.18. The smallest absolute Gasteiger partial charge is 0.259 e. The number of nitrogens with one attached hydrogen (secondary N) is 1. The predicted octanol–water partition coefficient (Wildman–Crippen LogP) is 5.86. The van der Waals surface area contributed by atoms with E-state index in [0.717, 1.165) is 52.7 Å². The normalized spacial score (nSPS) is 11.6. The number of pyridine rings is 1. The van der Waals surface area contributed by atoms with Crippen molar-refractivity contribution in [3.05, 3.63) is 76.7 Å². The highest BCUT2D eigenvalue weighted by Gasteiger charge is 2.22. The molecule has 0 fully saturated rings. The zero-order valence-electron chi connectivity index (χ0n) is 20.2. The summed E-state index contributed by atoms with van der Waals surface area (Å²) in [5.41, 5.74) is 3.87. The summed E-state index contributed by atoms with van der Waals surface area (Å²) in [6.45, 7) is 6.15. The van der Waals surface area contributed by atoms with Crippen molar-refractivity contribution >= 4 is 35.1 Å². The number of rotatable bonds is 8. The van der Waals surface area contributed by atoms with Crippen molar-refractivity contribution < 1.29 is 4.57 Å². The molecule has 6 nitrogen and oxygen atoms in total. The van der Waals surface area contributed by atoms with E-state index in [-0.39, 0.29) is 5.56 Å². The molecule has 176 valence electrons. The maximum Gasteiger partial charge on any atom is 0.259 e. The molecular weight excluding hydrogens is 443 g/mol. The Morgan fingerprint density at radius 3 is 2.29 bits per heavy atom. The molecule has 0 saturated heterocycles. The Morgan fingerprint density at radius 1 is 0.971 bits per heavy atom. The van der Waals surface area contributed by atoms with Gasteiger partial charge in [0.05, 0.1) is 0 Å². The molecule has 2 heterocycles. The van der Waals surface area contributed by atoms with Crippen molar-refractivity contribution in [1.82, 2.24) is 14.5 Å². The lowest BCUT2D eigenvalue weighted by molar-refractivity contribution is 0.579. The predicted molar refractivity (Wildman–Crippen MR) is 142 cm³/mol. The molecule has 0 bridgehead atoms. The van der Waals surface area contributed by atoms with E-state index in [1.54, 1.807) is 17.8 Å². The van der Waals surface area contributed by atoms with Gasteiger partial charge in [-0.25, -0.2) is 4.98 Å². The third-order valence-corrected chi connectivity index (χ3v) is 9.73. The third kappa shape index (κ3) is 4.69. The molecule has 0 atom stereocenters. The van der Waals surface area contributed by atoms with Gasteiger partial charge in [0.2, 0.25) is 5.95 Å². The van der Waals surface area contributed by atoms with Crippen LogP contribution in [0.1, 0.15) is 32.3 Å². The Labute approximate surface area is 200 Å². The summed E-state index contributed by atoms with van der Waals surface area (Å²) in [6, 6.07) is 17.4. The fraction of sp³-hybridized carbons (Fsp3) is 0.296. The minimum Gasteiger partial charge on any atom is -0.324 e. The van der Waals surface area contributed by atoms with Gasteiger partial charge in [0, 0.05) is 47.5 Å². The standard InChI is InChI=1S/C27H31N4O2P/c1-5-15-34(33,16-6-2)22-13-11-21(12-14-22)29-27-28-18-20-17-24(23-10-8-7-9-19(23)3)26(32)31(4)25(20)30-27/h7-14,17-18H,5-6,15-16H2,1-4H3,(H,28,29,30). The second-order valence-corrected chi connectivity index (χ2v) is 11.9. The molecule has 7 heteroatoms. The Morgan fingerprint density at radius 2 is 1.65 bits per heavy atom. The van der Waals surface area contributed by atoms with E-state index in [2.05, 4.69) is 29.1 Å². The van der Waals surface area contributed by atoms with Crippen LogP contribution in [0.15, 0.2) is 65.6 Å². The lowest BCUT2D eigenvalue weighted by Crippen LogP contribution is -2.20. The topological polar surface area (TPSA) is 76.9 Å². The highest BCUT2D eigenvalue weighted by molar-refractivity contribution is 7.71. The average molecular weight is 475 g/mol. The molecule has 0 radical (unpaired) electrons. The molecule has 4 rings (SSSR count). The first-order chi connectivity index (χ1) is 16.4. The molecular formula is C27H31N4O2P. The van der Waals surface area contributed by atoms with Crippen LogP contribution in [0, 0.1) is 6.92 Å². The quantitative estimate of drug-likeness (QED) is 0.324. The van der Waals surface area contributed by atoms with E-state index >= 15 is 0 Å². The molecule has 0 unspecified atom stereocenters. The highest BCUT2D eigenvalue weighted by Crippen LogP contribution is 2.45. The summed E-state index contributed by atoms with van der Waals surface area (Å²) in [7, 11) is -0.616. The molecule has 4 aromatic rings. The summed E-state index contributed by atoms with van der Waals surface area (Å²) in [5.74, 6) is 0.407. The van der Waals surface area contributed by atoms with Crippen molar-refractivity contribution in [3.63, 3.8) is 0 Å². The Balaban J connectivity index is 1.64. The molecule has 0 aliphatic rings. The maximum absolute atomic E-state index is 13.4. The van der Waals surface area contributed by atoms with Gasteiger partial charge in [-0.15, -0.1) is 0 Å². The van der Waals surface area contributed by atoms with Gasteiger partial charge in [-0.3, -0.25) is 9.36 Å². The van der Waals surface area contributed by atoms with Crippen LogP contribution in [-0.2, 0) is 11.6 Å². The summed E-state index contributed by atoms with van der Waals surface area (Å²) in [5, 5.41) is 4.93. The van der Waals surface area contributed by atoms with E-state index < -0.39 is 7.14 Å². The van der Waals surface area contributed by atoms with Gasteiger partial charge < -0.3 is 9.88 Å². The van der Waals surface area contributed by atoms with Crippen molar-refractivity contribution in [3.8, 4) is 11.1 Å². The van der Waals surface area contributed by atoms with Crippen molar-refractivity contribution in [2.45, 2.75) is 33.6 Å². The first kappa shape index (κ1) is 23.9. The van der Waals surface area contributed by atoms with E-state index in [0.29, 0.717) is 17.2 Å². The number of aromatic nitrogens is 3. The van der Waals surface area contributed by atoms with Crippen molar-refractivity contribution in [2.75, 3.05) is 17.6 Å². The Kier molecular flexibility index (Phi) is 6.99. The van der Waals surface area contributed by atoms with E-state index in [4.69, 9.17) is 0 Å². The van der Waals surface area contributed by atoms with Crippen LogP contribution in [0.4, 0.5) is 11.6 Å². The Bertz CT molecular complexity index is 1420. The minimum absolute atomic E-state index is 0.0987. The van der Waals surface area contributed by atoms with Gasteiger partial charge in [-0.1, -0.05) is 38.1 Å². The van der Waals surface area contributed by atoms with Crippen molar-refractivity contribution in [2.24, 2.45) is 7.05 Å². The number of fused-ring (bicyclic) bond motifs is 1. The van der Waals surface area contributed by atoms with Gasteiger partial charge >= 0.3 is 0 Å². The largest absolute Gasteiger partial charge is 0.324 e. The monoisotopic (exact) mass is 474 g/mol. The first-order valence-electron chi connectivity index (χ1n) is 11.7. The van der Waals surface area contributed by atoms with E-state index in [1.807, 2.05) is 61.5 Å². The van der Waals surface area contributed by atoms with Gasteiger partial charge in [0.15, 0.2) is 0 Å². The number of hydrogen-bond acceptors (Lipinski definition) is 5. The van der Waals surface area contributed by atoms with Crippen LogP contribution in [-0.4, -0.2) is 26.9 Å². The van der Waals surface area contributed by atoms with E-state index in [9.17, 15) is 9.36 Å². The summed E-state index contributed by atoms with van der Waals surface area (Å²) < 4.78 is 14.9. The molecule has 2 aromatic carbocycles. The van der Waals surface area contributed by atoms with Gasteiger partial charge in [-0.05, 0) is 61.2 Å². The van der Waals surface area contributed by atoms with Crippen LogP contribution < -0.4 is 16.2 Å². The maximum atomic E-state index is 13.4. The van der Waals surface area contributed by atoms with Gasteiger partial charge in [-0.2, -0.15) is 4.98 Å². The van der Waals surface area contributed by atoms with Crippen LogP contribution in [0.3, 0.4) is 0 Å². The number of anilines is 2. The molecule has 0 aliphatic heterocycles. The second-order valence-electron chi connectivity index (χ2n) is 8.72. The molecule has 1 N–H and O–H groups in total. The second kappa shape index (κ2) is 9.94. The molecule has 0 saturated carbocycles. The van der Waals surface area contributed by atoms with Gasteiger partial charge in [0.1, 0.15) is 12.8 Å². The fourth-order valence-electron chi connectivity index (χ4n) is 4.41. The molecule has 2 aromatic heterocycles. The van der Waals surface area contributed by atoms with Crippen LogP contribution in [0.5, 0.6) is 0 Å². The molecule has 0 amide bonds. The van der Waals surface area contributed by atoms with Crippen LogP contribution in [0.2, 0.25) is 0 Å². The zero-order chi connectivity index (χ0) is 24.3. The Hall–Kier alpha value is -3.24. The van der Waals surface area contributed by atoms with Crippen LogP contribution in [0.25, 0.3) is 22.2 Å². The average Bonchev–Trinajstić information content (AvgIpc) is 2.83. The summed E-state index contributed by atoms with van der Waals surface area (Å²) in [4.78, 5) is 22.2. The lowest BCUT2D eigenvalue weighted by atomic mass is 10.0.